The summed E-state index contributed by atoms with van der Waals surface area (Å²) >= 11 is 0. The van der Waals surface area contributed by atoms with Crippen molar-refractivity contribution in [3.8, 4) is 6.01 Å². The minimum atomic E-state index is 0.209. The molecule has 0 radical (unpaired) electrons. The Bertz CT molecular complexity index is 1250. The van der Waals surface area contributed by atoms with Crippen LogP contribution in [0.3, 0.4) is 0 Å². The number of aryl methyl sites for hydroxylation is 3. The Kier molecular flexibility index (Phi) is 4.58. The van der Waals surface area contributed by atoms with Crippen LogP contribution in [0.4, 0.5) is 0 Å². The molecule has 0 aliphatic heterocycles. The van der Waals surface area contributed by atoms with Crippen molar-refractivity contribution in [3.63, 3.8) is 0 Å². The number of aromatic nitrogens is 5. The van der Waals surface area contributed by atoms with E-state index in [2.05, 4.69) is 60.6 Å². The molecule has 0 fully saturated rings. The van der Waals surface area contributed by atoms with E-state index in [4.69, 9.17) is 4.84 Å². The Balaban J connectivity index is 1.62. The Hall–Kier alpha value is -3.48. The van der Waals surface area contributed by atoms with Gasteiger partial charge in [0.25, 0.3) is 0 Å². The molecule has 0 amide bonds. The van der Waals surface area contributed by atoms with E-state index in [-0.39, 0.29) is 11.9 Å². The fourth-order valence-corrected chi connectivity index (χ4v) is 4.37. The third-order valence-electron chi connectivity index (χ3n) is 5.94. The van der Waals surface area contributed by atoms with Gasteiger partial charge in [-0.3, -0.25) is 0 Å². The van der Waals surface area contributed by atoms with Crippen molar-refractivity contribution in [2.45, 2.75) is 33.2 Å². The van der Waals surface area contributed by atoms with Crippen LogP contribution in [-0.2, 0) is 20.0 Å². The summed E-state index contributed by atoms with van der Waals surface area (Å²) in [5.74, 6) is 1.21. The lowest BCUT2D eigenvalue weighted by molar-refractivity contribution is 0.306. The molecule has 1 aromatic carbocycles. The Labute approximate surface area is 175 Å². The lowest BCUT2D eigenvalue weighted by atomic mass is 9.84. The highest BCUT2D eigenvalue weighted by atomic mass is 16.6. The van der Waals surface area contributed by atoms with E-state index >= 15 is 0 Å². The molecule has 1 atom stereocenters. The Morgan fingerprint density at radius 1 is 1.13 bits per heavy atom. The van der Waals surface area contributed by atoms with Crippen LogP contribution in [0.5, 0.6) is 6.01 Å². The Morgan fingerprint density at radius 2 is 2.00 bits per heavy atom. The van der Waals surface area contributed by atoms with E-state index in [1.807, 2.05) is 32.3 Å². The van der Waals surface area contributed by atoms with Crippen molar-refractivity contribution in [3.05, 3.63) is 71.7 Å². The predicted molar refractivity (Wildman–Crippen MR) is 116 cm³/mol. The van der Waals surface area contributed by atoms with Crippen LogP contribution < -0.4 is 4.84 Å². The first-order chi connectivity index (χ1) is 14.6. The van der Waals surface area contributed by atoms with Crippen molar-refractivity contribution in [2.24, 2.45) is 18.1 Å². The standard InChI is InChI=1S/C23H24N6O/c1-15-10-11-25-23(26-15)30-27-22-17(14-29-13-12-24-16(29)2)8-9-20-21(22)18-6-4-5-7-19(18)28(20)3/h4-7,10-13,17H,8-9,14H2,1-3H3/b27-22-. The summed E-state index contributed by atoms with van der Waals surface area (Å²) in [5.41, 5.74) is 5.48. The maximum Gasteiger partial charge on any atom is 0.345 e. The van der Waals surface area contributed by atoms with E-state index in [1.165, 1.54) is 22.2 Å². The van der Waals surface area contributed by atoms with Crippen molar-refractivity contribution in [2.75, 3.05) is 0 Å². The highest BCUT2D eigenvalue weighted by Gasteiger charge is 2.31. The molecule has 0 saturated heterocycles. The van der Waals surface area contributed by atoms with E-state index in [9.17, 15) is 0 Å². The van der Waals surface area contributed by atoms with E-state index in [0.29, 0.717) is 0 Å². The van der Waals surface area contributed by atoms with Gasteiger partial charge in [0.2, 0.25) is 0 Å². The number of hydrogen-bond donors (Lipinski definition) is 0. The summed E-state index contributed by atoms with van der Waals surface area (Å²) < 4.78 is 4.46. The molecule has 7 heteroatoms. The molecule has 0 saturated carbocycles. The summed E-state index contributed by atoms with van der Waals surface area (Å²) in [4.78, 5) is 18.7. The normalized spacial score (nSPS) is 17.4. The van der Waals surface area contributed by atoms with Crippen LogP contribution in [0.2, 0.25) is 0 Å². The molecule has 1 unspecified atom stereocenters. The van der Waals surface area contributed by atoms with Crippen molar-refractivity contribution in [1.29, 1.82) is 0 Å². The number of imidazole rings is 1. The van der Waals surface area contributed by atoms with Gasteiger partial charge in [-0.1, -0.05) is 23.4 Å². The number of rotatable bonds is 4. The molecule has 3 aromatic heterocycles. The maximum absolute atomic E-state index is 5.75. The van der Waals surface area contributed by atoms with E-state index in [1.54, 1.807) is 6.20 Å². The molecular weight excluding hydrogens is 376 g/mol. The summed E-state index contributed by atoms with van der Waals surface area (Å²) in [7, 11) is 2.13. The second-order valence-corrected chi connectivity index (χ2v) is 7.81. The van der Waals surface area contributed by atoms with Gasteiger partial charge < -0.3 is 14.0 Å². The summed E-state index contributed by atoms with van der Waals surface area (Å²) in [6.07, 6.45) is 7.55. The fraction of sp³-hybridized carbons (Fsp3) is 0.304. The molecule has 0 bridgehead atoms. The number of nitrogens with zero attached hydrogens (tertiary/aromatic N) is 6. The maximum atomic E-state index is 5.75. The van der Waals surface area contributed by atoms with Gasteiger partial charge in [0.1, 0.15) is 5.82 Å². The molecule has 1 aliphatic carbocycles. The van der Waals surface area contributed by atoms with E-state index in [0.717, 1.165) is 36.6 Å². The van der Waals surface area contributed by atoms with Crippen molar-refractivity contribution >= 4 is 16.6 Å². The zero-order chi connectivity index (χ0) is 20.7. The van der Waals surface area contributed by atoms with E-state index < -0.39 is 0 Å². The predicted octanol–water partition coefficient (Wildman–Crippen LogP) is 3.83. The third kappa shape index (κ3) is 3.16. The average molecular weight is 400 g/mol. The Morgan fingerprint density at radius 3 is 2.80 bits per heavy atom. The van der Waals surface area contributed by atoms with Crippen LogP contribution in [-0.4, -0.2) is 29.8 Å². The molecular formula is C23H24N6O. The molecule has 152 valence electrons. The minimum absolute atomic E-state index is 0.209. The highest BCUT2D eigenvalue weighted by molar-refractivity contribution is 6.13. The van der Waals surface area contributed by atoms with Crippen LogP contribution >= 0.6 is 0 Å². The number of fused-ring (bicyclic) bond motifs is 3. The zero-order valence-electron chi connectivity index (χ0n) is 17.4. The first-order valence-corrected chi connectivity index (χ1v) is 10.2. The molecule has 5 rings (SSSR count). The minimum Gasteiger partial charge on any atom is -0.347 e. The lowest BCUT2D eigenvalue weighted by Crippen LogP contribution is -2.28. The molecule has 7 nitrogen and oxygen atoms in total. The molecule has 30 heavy (non-hydrogen) atoms. The first kappa shape index (κ1) is 18.5. The third-order valence-corrected chi connectivity index (χ3v) is 5.94. The number of para-hydroxylation sites is 1. The van der Waals surface area contributed by atoms with Crippen LogP contribution in [0, 0.1) is 19.8 Å². The van der Waals surface area contributed by atoms with Crippen LogP contribution in [0.1, 0.15) is 29.2 Å². The molecule has 0 spiro atoms. The van der Waals surface area contributed by atoms with Crippen LogP contribution in [0.25, 0.3) is 10.9 Å². The number of benzene rings is 1. The number of hydrogen-bond acceptors (Lipinski definition) is 5. The van der Waals surface area contributed by atoms with Gasteiger partial charge in [-0.05, 0) is 38.8 Å². The first-order valence-electron chi connectivity index (χ1n) is 10.2. The van der Waals surface area contributed by atoms with Gasteiger partial charge in [-0.15, -0.1) is 0 Å². The molecule has 4 aromatic rings. The fourth-order valence-electron chi connectivity index (χ4n) is 4.37. The largest absolute Gasteiger partial charge is 0.347 e. The molecule has 1 aliphatic rings. The SMILES string of the molecule is Cc1ccnc(O/N=C2\c3c(n(C)c4ccccc34)CCC2Cn2ccnc2C)n1. The zero-order valence-corrected chi connectivity index (χ0v) is 17.4. The van der Waals surface area contributed by atoms with Gasteiger partial charge in [-0.25, -0.2) is 9.97 Å². The highest BCUT2D eigenvalue weighted by Crippen LogP contribution is 2.35. The van der Waals surface area contributed by atoms with Gasteiger partial charge in [-0.2, -0.15) is 4.98 Å². The average Bonchev–Trinajstić information content (AvgIpc) is 3.28. The molecule has 3 heterocycles. The van der Waals surface area contributed by atoms with Gasteiger partial charge in [0, 0.05) is 66.0 Å². The van der Waals surface area contributed by atoms with Crippen molar-refractivity contribution < 1.29 is 4.84 Å². The quantitative estimate of drug-likeness (QED) is 0.488. The van der Waals surface area contributed by atoms with Gasteiger partial charge >= 0.3 is 6.01 Å². The summed E-state index contributed by atoms with van der Waals surface area (Å²) in [6.45, 7) is 4.75. The second-order valence-electron chi connectivity index (χ2n) is 7.81. The summed E-state index contributed by atoms with van der Waals surface area (Å²) in [6, 6.07) is 10.6. The molecule has 0 N–H and O–H groups in total. The van der Waals surface area contributed by atoms with Gasteiger partial charge in [0.15, 0.2) is 0 Å². The second kappa shape index (κ2) is 7.40. The summed E-state index contributed by atoms with van der Waals surface area (Å²) in [5, 5.41) is 5.84. The topological polar surface area (TPSA) is 70.1 Å². The smallest absolute Gasteiger partial charge is 0.345 e. The van der Waals surface area contributed by atoms with Crippen LogP contribution in [0.15, 0.2) is 54.1 Å². The monoisotopic (exact) mass is 400 g/mol. The van der Waals surface area contributed by atoms with Crippen molar-refractivity contribution in [1.82, 2.24) is 24.1 Å². The van der Waals surface area contributed by atoms with Gasteiger partial charge in [0.05, 0.1) is 5.71 Å². The number of oxime groups is 1. The lowest BCUT2D eigenvalue weighted by Gasteiger charge is -2.25.